The molecule has 0 amide bonds. The van der Waals surface area contributed by atoms with Crippen molar-refractivity contribution >= 4 is 23.5 Å². The fourth-order valence-corrected chi connectivity index (χ4v) is 12.7. The summed E-state index contributed by atoms with van der Waals surface area (Å²) in [6.45, 7) is 11.0. The summed E-state index contributed by atoms with van der Waals surface area (Å²) in [7, 11) is 0. The summed E-state index contributed by atoms with van der Waals surface area (Å²) in [5.74, 6) is 10.4. The Kier molecular flexibility index (Phi) is 7.80. The van der Waals surface area contributed by atoms with E-state index < -0.39 is 11.9 Å². The number of hydrogen-bond acceptors (Lipinski definition) is 5. The highest BCUT2D eigenvalue weighted by atomic mass is 32.2. The zero-order valence-corrected chi connectivity index (χ0v) is 27.1. The molecule has 4 bridgehead atoms. The van der Waals surface area contributed by atoms with Crippen LogP contribution in [0.3, 0.4) is 0 Å². The van der Waals surface area contributed by atoms with Gasteiger partial charge in [0.25, 0.3) is 0 Å². The highest BCUT2D eigenvalue weighted by Gasteiger charge is 2.60. The minimum absolute atomic E-state index is 0.357. The number of aliphatic hydroxyl groups is 1. The van der Waals surface area contributed by atoms with Crippen molar-refractivity contribution in [2.24, 2.45) is 46.3 Å². The number of thioether (sulfide) groups is 2. The summed E-state index contributed by atoms with van der Waals surface area (Å²) >= 11 is 4.38. The predicted octanol–water partition coefficient (Wildman–Crippen LogP) is 7.82. The number of hydrogen-bond donors (Lipinski definition) is 1. The highest BCUT2D eigenvalue weighted by Crippen LogP contribution is 2.65. The Morgan fingerprint density at radius 2 is 1.24 bits per heavy atom. The second kappa shape index (κ2) is 11.2. The molecule has 1 aliphatic heterocycles. The van der Waals surface area contributed by atoms with Crippen LogP contribution < -0.4 is 0 Å². The summed E-state index contributed by atoms with van der Waals surface area (Å²) in [5, 5.41) is 15.0. The van der Waals surface area contributed by atoms with Crippen molar-refractivity contribution in [2.75, 3.05) is 18.3 Å². The van der Waals surface area contributed by atoms with E-state index in [1.165, 1.54) is 30.8 Å². The standard InChI is InChI=1S/C37H46O3S2/c1-35(2)26-17-30(35)28-21-39-34(37(38,25-13-9-6-10-14-25)16-15-24-11-7-5-8-12-24)40-22-29-31-18-27(36(31,3)4)20-33(29)42-23-41-32(28)19-26/h5-14,26-34,38H,17-23H2,1-4H3/t26-,27-,28+,29+,30+,31+,32+,33+,37-/m1/s1. The van der Waals surface area contributed by atoms with Gasteiger partial charge in [-0.2, -0.15) is 0 Å². The average Bonchev–Trinajstić information content (AvgIpc) is 3.00. The third-order valence-electron chi connectivity index (χ3n) is 12.3. The highest BCUT2D eigenvalue weighted by molar-refractivity contribution is 8.16. The van der Waals surface area contributed by atoms with Crippen LogP contribution in [0.15, 0.2) is 60.7 Å². The molecule has 7 aliphatic rings. The molecule has 6 aliphatic carbocycles. The third-order valence-corrected chi connectivity index (χ3v) is 15.3. The van der Waals surface area contributed by atoms with Crippen molar-refractivity contribution in [3.8, 4) is 11.8 Å². The van der Waals surface area contributed by atoms with Crippen LogP contribution in [-0.4, -0.2) is 40.2 Å². The van der Waals surface area contributed by atoms with Crippen molar-refractivity contribution in [3.63, 3.8) is 0 Å². The Hall–Kier alpha value is -1.42. The molecule has 2 aromatic rings. The lowest BCUT2D eigenvalue weighted by Crippen LogP contribution is -2.59. The van der Waals surface area contributed by atoms with Gasteiger partial charge < -0.3 is 14.6 Å². The zero-order valence-electron chi connectivity index (χ0n) is 25.5. The molecule has 42 heavy (non-hydrogen) atoms. The largest absolute Gasteiger partial charge is 0.369 e. The lowest BCUT2D eigenvalue weighted by atomic mass is 9.45. The molecule has 0 unspecified atom stereocenters. The molecule has 9 atom stereocenters. The molecule has 1 heterocycles. The molecule has 0 radical (unpaired) electrons. The molecule has 1 N–H and O–H groups in total. The second-order valence-electron chi connectivity index (χ2n) is 14.8. The number of ether oxygens (including phenoxy) is 2. The first-order chi connectivity index (χ1) is 20.2. The second-order valence-corrected chi connectivity index (χ2v) is 17.6. The lowest BCUT2D eigenvalue weighted by Gasteiger charge is -2.63. The lowest BCUT2D eigenvalue weighted by molar-refractivity contribution is -0.250. The van der Waals surface area contributed by atoms with E-state index in [9.17, 15) is 5.11 Å². The molecular weight excluding hydrogens is 557 g/mol. The van der Waals surface area contributed by atoms with Crippen LogP contribution in [0.25, 0.3) is 0 Å². The van der Waals surface area contributed by atoms with Gasteiger partial charge in [0.15, 0.2) is 0 Å². The van der Waals surface area contributed by atoms with E-state index in [0.29, 0.717) is 58.2 Å². The molecule has 6 saturated carbocycles. The first-order valence-corrected chi connectivity index (χ1v) is 18.1. The monoisotopic (exact) mass is 602 g/mol. The van der Waals surface area contributed by atoms with E-state index in [4.69, 9.17) is 9.47 Å². The Labute approximate surface area is 261 Å². The van der Waals surface area contributed by atoms with E-state index in [2.05, 4.69) is 63.1 Å². The number of benzene rings is 2. The fraction of sp³-hybridized carbons (Fsp3) is 0.622. The van der Waals surface area contributed by atoms with Crippen LogP contribution in [0, 0.1) is 58.2 Å². The smallest absolute Gasteiger partial charge is 0.202 e. The van der Waals surface area contributed by atoms with Gasteiger partial charge in [-0.05, 0) is 84.2 Å². The van der Waals surface area contributed by atoms with E-state index >= 15 is 0 Å². The molecule has 7 fully saturated rings. The SMILES string of the molecule is CC1(C)[C@H]2C[C@@H]3SCS[C@H]4C[C@H]5C[C@@H]([C@@H]4COC([C@@](O)(C#Cc4ccccc4)c4ccccc4)OC[C@H]3[C@@H]1C2)C5(C)C. The van der Waals surface area contributed by atoms with Crippen LogP contribution >= 0.6 is 23.5 Å². The van der Waals surface area contributed by atoms with E-state index in [-0.39, 0.29) is 0 Å². The topological polar surface area (TPSA) is 38.7 Å². The number of rotatable bonds is 2. The van der Waals surface area contributed by atoms with Gasteiger partial charge in [-0.25, -0.2) is 0 Å². The van der Waals surface area contributed by atoms with Crippen molar-refractivity contribution in [2.45, 2.75) is 75.8 Å². The van der Waals surface area contributed by atoms with Gasteiger partial charge in [0, 0.05) is 26.7 Å². The van der Waals surface area contributed by atoms with Crippen molar-refractivity contribution in [1.82, 2.24) is 0 Å². The molecule has 0 spiro atoms. The van der Waals surface area contributed by atoms with Gasteiger partial charge in [-0.3, -0.25) is 0 Å². The summed E-state index contributed by atoms with van der Waals surface area (Å²) in [4.78, 5) is 0. The van der Waals surface area contributed by atoms with Crippen molar-refractivity contribution < 1.29 is 14.6 Å². The molecule has 3 nitrogen and oxygen atoms in total. The quantitative estimate of drug-likeness (QED) is 0.355. The zero-order chi connectivity index (χ0) is 29.1. The molecule has 2 aromatic carbocycles. The minimum Gasteiger partial charge on any atom is -0.369 e. The van der Waals surface area contributed by atoms with E-state index in [0.717, 1.165) is 23.0 Å². The summed E-state index contributed by atoms with van der Waals surface area (Å²) in [5.41, 5.74) is 0.719. The van der Waals surface area contributed by atoms with Gasteiger partial charge >= 0.3 is 0 Å². The molecular formula is C37H46O3S2. The Bertz CT molecular complexity index is 1270. The van der Waals surface area contributed by atoms with Gasteiger partial charge in [0.1, 0.15) is 0 Å². The van der Waals surface area contributed by atoms with Gasteiger partial charge in [0.05, 0.1) is 13.2 Å². The van der Waals surface area contributed by atoms with E-state index in [1.54, 1.807) is 0 Å². The summed E-state index contributed by atoms with van der Waals surface area (Å²) < 4.78 is 13.7. The molecule has 224 valence electrons. The minimum atomic E-state index is -1.59. The first kappa shape index (κ1) is 29.3. The maximum atomic E-state index is 12.6. The third kappa shape index (κ3) is 4.98. The van der Waals surface area contributed by atoms with E-state index in [1.807, 2.05) is 60.7 Å². The Morgan fingerprint density at radius 3 is 1.74 bits per heavy atom. The van der Waals surface area contributed by atoms with Crippen LogP contribution in [0.2, 0.25) is 0 Å². The summed E-state index contributed by atoms with van der Waals surface area (Å²) in [6.07, 6.45) is 4.29. The van der Waals surface area contributed by atoms with Crippen LogP contribution in [0.4, 0.5) is 0 Å². The normalized spacial score (nSPS) is 39.6. The maximum Gasteiger partial charge on any atom is 0.202 e. The molecule has 9 rings (SSSR count). The van der Waals surface area contributed by atoms with Gasteiger partial charge in [0.2, 0.25) is 11.9 Å². The first-order valence-electron chi connectivity index (χ1n) is 16.0. The molecule has 0 aromatic heterocycles. The molecule has 1 saturated heterocycles. The Balaban J connectivity index is 1.25. The van der Waals surface area contributed by atoms with Crippen LogP contribution in [0.5, 0.6) is 0 Å². The molecule has 5 heteroatoms. The Morgan fingerprint density at radius 1 is 0.738 bits per heavy atom. The average molecular weight is 603 g/mol. The van der Waals surface area contributed by atoms with Crippen molar-refractivity contribution in [3.05, 3.63) is 71.8 Å². The maximum absolute atomic E-state index is 12.6. The summed E-state index contributed by atoms with van der Waals surface area (Å²) in [6, 6.07) is 19.8. The van der Waals surface area contributed by atoms with Crippen molar-refractivity contribution in [1.29, 1.82) is 0 Å². The van der Waals surface area contributed by atoms with Crippen LogP contribution in [0.1, 0.15) is 64.5 Å². The fourth-order valence-electron chi connectivity index (χ4n) is 9.17. The predicted molar refractivity (Wildman–Crippen MR) is 174 cm³/mol. The van der Waals surface area contributed by atoms with Gasteiger partial charge in [-0.15, -0.1) is 23.5 Å². The van der Waals surface area contributed by atoms with Crippen LogP contribution in [-0.2, 0) is 15.1 Å². The van der Waals surface area contributed by atoms with Gasteiger partial charge in [-0.1, -0.05) is 88.1 Å².